The van der Waals surface area contributed by atoms with Crippen LogP contribution in [0.5, 0.6) is 0 Å². The minimum Gasteiger partial charge on any atom is -0.311 e. The highest BCUT2D eigenvalue weighted by atomic mass is 15.4. The van der Waals surface area contributed by atoms with Crippen molar-refractivity contribution >= 4 is 0 Å². The van der Waals surface area contributed by atoms with Crippen LogP contribution in [0.25, 0.3) is 0 Å². The summed E-state index contributed by atoms with van der Waals surface area (Å²) in [4.78, 5) is 4.50. The molecule has 0 saturated carbocycles. The summed E-state index contributed by atoms with van der Waals surface area (Å²) in [7, 11) is 0. The molecule has 0 spiro atoms. The number of nitrogens with zero attached hydrogens (tertiary/aromatic N) is 3. The first-order valence-corrected chi connectivity index (χ1v) is 5.98. The molecule has 0 radical (unpaired) electrons. The predicted octanol–water partition coefficient (Wildman–Crippen LogP) is 1.74. The van der Waals surface area contributed by atoms with E-state index >= 15 is 0 Å². The zero-order valence-electron chi connectivity index (χ0n) is 10.5. The molecule has 0 bridgehead atoms. The normalized spacial score (nSPS) is 12.7. The molecule has 1 N–H and O–H groups in total. The molecule has 0 saturated heterocycles. The summed E-state index contributed by atoms with van der Waals surface area (Å²) in [6, 6.07) is 0.336. The second-order valence-electron chi connectivity index (χ2n) is 3.89. The van der Waals surface area contributed by atoms with E-state index < -0.39 is 0 Å². The number of rotatable bonds is 7. The lowest BCUT2D eigenvalue weighted by molar-refractivity contribution is 0.445. The Hall–Kier alpha value is -1.16. The first-order valence-electron chi connectivity index (χ1n) is 5.98. The minimum absolute atomic E-state index is 0.336. The van der Waals surface area contributed by atoms with Gasteiger partial charge in [0.25, 0.3) is 0 Å². The maximum Gasteiger partial charge on any atom is 0.150 e. The Kier molecular flexibility index (Phi) is 5.19. The van der Waals surface area contributed by atoms with Crippen LogP contribution in [0.15, 0.2) is 12.7 Å². The topological polar surface area (TPSA) is 42.7 Å². The molecule has 4 heteroatoms. The van der Waals surface area contributed by atoms with Crippen molar-refractivity contribution in [1.29, 1.82) is 0 Å². The van der Waals surface area contributed by atoms with Crippen molar-refractivity contribution in [3.8, 4) is 0 Å². The van der Waals surface area contributed by atoms with Crippen LogP contribution in [0.2, 0.25) is 0 Å². The van der Waals surface area contributed by atoms with Gasteiger partial charge in [-0.2, -0.15) is 5.10 Å². The summed E-state index contributed by atoms with van der Waals surface area (Å²) < 4.78 is 2.04. The molecule has 0 aliphatic heterocycles. The van der Waals surface area contributed by atoms with Gasteiger partial charge in [0.2, 0.25) is 0 Å². The molecule has 0 aliphatic carbocycles. The third kappa shape index (κ3) is 3.17. The minimum atomic E-state index is 0.336. The molecule has 0 amide bonds. The Morgan fingerprint density at radius 2 is 2.19 bits per heavy atom. The van der Waals surface area contributed by atoms with Crippen LogP contribution in [-0.4, -0.2) is 27.9 Å². The lowest BCUT2D eigenvalue weighted by atomic mass is 10.3. The summed E-state index contributed by atoms with van der Waals surface area (Å²) in [5.74, 6) is 2.01. The van der Waals surface area contributed by atoms with E-state index in [0.29, 0.717) is 6.04 Å². The van der Waals surface area contributed by atoms with E-state index in [0.717, 1.165) is 37.6 Å². The van der Waals surface area contributed by atoms with E-state index in [2.05, 4.69) is 42.7 Å². The molecule has 1 unspecified atom stereocenters. The molecule has 1 aromatic heterocycles. The van der Waals surface area contributed by atoms with Gasteiger partial charge >= 0.3 is 0 Å². The summed E-state index contributed by atoms with van der Waals surface area (Å²) in [5.41, 5.74) is 0. The Morgan fingerprint density at radius 1 is 1.44 bits per heavy atom. The van der Waals surface area contributed by atoms with Crippen molar-refractivity contribution in [1.82, 2.24) is 20.1 Å². The van der Waals surface area contributed by atoms with Gasteiger partial charge in [-0.3, -0.25) is 0 Å². The Labute approximate surface area is 97.8 Å². The maximum absolute atomic E-state index is 4.52. The fraction of sp³-hybridized carbons (Fsp3) is 0.667. The number of hydrogen-bond acceptors (Lipinski definition) is 3. The monoisotopic (exact) mass is 222 g/mol. The Morgan fingerprint density at radius 3 is 2.75 bits per heavy atom. The van der Waals surface area contributed by atoms with Crippen LogP contribution >= 0.6 is 0 Å². The molecule has 4 nitrogen and oxygen atoms in total. The molecule has 1 rings (SSSR count). The molecule has 1 heterocycles. The molecule has 1 atom stereocenters. The largest absolute Gasteiger partial charge is 0.311 e. The fourth-order valence-electron chi connectivity index (χ4n) is 1.63. The van der Waals surface area contributed by atoms with E-state index in [4.69, 9.17) is 0 Å². The smallest absolute Gasteiger partial charge is 0.150 e. The van der Waals surface area contributed by atoms with Crippen LogP contribution < -0.4 is 5.32 Å². The average Bonchev–Trinajstić information content (AvgIpc) is 2.72. The second-order valence-corrected chi connectivity index (χ2v) is 3.89. The van der Waals surface area contributed by atoms with E-state index in [1.54, 1.807) is 0 Å². The van der Waals surface area contributed by atoms with Crippen molar-refractivity contribution < 1.29 is 0 Å². The van der Waals surface area contributed by atoms with Crippen LogP contribution in [-0.2, 0) is 12.8 Å². The average molecular weight is 222 g/mol. The van der Waals surface area contributed by atoms with Gasteiger partial charge in [0.05, 0.1) is 6.04 Å². The van der Waals surface area contributed by atoms with Crippen LogP contribution in [0.3, 0.4) is 0 Å². The highest BCUT2D eigenvalue weighted by Crippen LogP contribution is 2.08. The van der Waals surface area contributed by atoms with Gasteiger partial charge in [0.15, 0.2) is 5.82 Å². The number of aryl methyl sites for hydroxylation is 2. The lowest BCUT2D eigenvalue weighted by Crippen LogP contribution is -2.25. The highest BCUT2D eigenvalue weighted by Gasteiger charge is 2.12. The van der Waals surface area contributed by atoms with Gasteiger partial charge in [-0.15, -0.1) is 6.58 Å². The summed E-state index contributed by atoms with van der Waals surface area (Å²) in [6.07, 6.45) is 3.69. The molecule has 0 aromatic carbocycles. The molecular weight excluding hydrogens is 200 g/mol. The van der Waals surface area contributed by atoms with Crippen LogP contribution in [0.4, 0.5) is 0 Å². The van der Waals surface area contributed by atoms with Gasteiger partial charge in [0.1, 0.15) is 5.82 Å². The first kappa shape index (κ1) is 12.9. The Balaban J connectivity index is 2.68. The Bertz CT molecular complexity index is 330. The van der Waals surface area contributed by atoms with Crippen molar-refractivity contribution in [2.24, 2.45) is 0 Å². The molecule has 0 aliphatic rings. The lowest BCUT2D eigenvalue weighted by Gasteiger charge is -2.14. The summed E-state index contributed by atoms with van der Waals surface area (Å²) in [5, 5.41) is 7.82. The first-order chi connectivity index (χ1) is 7.72. The quantitative estimate of drug-likeness (QED) is 0.564. The van der Waals surface area contributed by atoms with Gasteiger partial charge in [-0.25, -0.2) is 9.67 Å². The van der Waals surface area contributed by atoms with Crippen molar-refractivity contribution in [2.45, 2.75) is 39.7 Å². The second kappa shape index (κ2) is 6.43. The van der Waals surface area contributed by atoms with Gasteiger partial charge in [-0.1, -0.05) is 19.9 Å². The van der Waals surface area contributed by atoms with E-state index in [1.165, 1.54) is 0 Å². The summed E-state index contributed by atoms with van der Waals surface area (Å²) >= 11 is 0. The molecule has 1 aromatic rings. The fourth-order valence-corrected chi connectivity index (χ4v) is 1.63. The predicted molar refractivity (Wildman–Crippen MR) is 66.6 cm³/mol. The molecular formula is C12H22N4. The van der Waals surface area contributed by atoms with Crippen LogP contribution in [0, 0.1) is 0 Å². The summed E-state index contributed by atoms with van der Waals surface area (Å²) in [6.45, 7) is 11.8. The number of aromatic nitrogens is 3. The van der Waals surface area contributed by atoms with Crippen LogP contribution in [0.1, 0.15) is 38.5 Å². The van der Waals surface area contributed by atoms with E-state index in [1.807, 2.05) is 10.8 Å². The van der Waals surface area contributed by atoms with E-state index in [9.17, 15) is 0 Å². The number of nitrogens with one attached hydrogen (secondary N) is 1. The molecule has 0 fully saturated rings. The van der Waals surface area contributed by atoms with E-state index in [-0.39, 0.29) is 0 Å². The zero-order chi connectivity index (χ0) is 12.0. The zero-order valence-corrected chi connectivity index (χ0v) is 10.5. The molecule has 90 valence electrons. The maximum atomic E-state index is 4.52. The standard InChI is InChI=1S/C12H22N4/c1-5-8-13-9-10(4)16-12(7-3)14-11(6-2)15-16/h5,10,13H,1,6-9H2,2-4H3. The third-order valence-corrected chi connectivity index (χ3v) is 2.52. The highest BCUT2D eigenvalue weighted by molar-refractivity contribution is 4.94. The van der Waals surface area contributed by atoms with Crippen molar-refractivity contribution in [3.05, 3.63) is 24.3 Å². The van der Waals surface area contributed by atoms with Gasteiger partial charge < -0.3 is 5.32 Å². The van der Waals surface area contributed by atoms with Crippen molar-refractivity contribution in [3.63, 3.8) is 0 Å². The van der Waals surface area contributed by atoms with Gasteiger partial charge in [-0.05, 0) is 6.92 Å². The van der Waals surface area contributed by atoms with Gasteiger partial charge in [0, 0.05) is 25.9 Å². The molecule has 16 heavy (non-hydrogen) atoms. The van der Waals surface area contributed by atoms with Crippen molar-refractivity contribution in [2.75, 3.05) is 13.1 Å². The SMILES string of the molecule is C=CCNCC(C)n1nc(CC)nc1CC. The third-order valence-electron chi connectivity index (χ3n) is 2.52. The number of hydrogen-bond donors (Lipinski definition) is 1.